The van der Waals surface area contributed by atoms with Crippen LogP contribution in [0.2, 0.25) is 0 Å². The molecule has 0 amide bonds. The summed E-state index contributed by atoms with van der Waals surface area (Å²) < 4.78 is 0. The van der Waals surface area contributed by atoms with Gasteiger partial charge in [-0.1, -0.05) is 30.3 Å². The minimum Gasteiger partial charge on any atom is -0.307 e. The molecule has 0 saturated carbocycles. The van der Waals surface area contributed by atoms with Gasteiger partial charge in [0.25, 0.3) is 0 Å². The van der Waals surface area contributed by atoms with Crippen LogP contribution in [0, 0.1) is 0 Å². The van der Waals surface area contributed by atoms with E-state index in [0.717, 1.165) is 0 Å². The molecule has 1 aliphatic rings. The van der Waals surface area contributed by atoms with Crippen LogP contribution in [0.25, 0.3) is 0 Å². The number of nitrogens with one attached hydrogen (secondary N) is 1. The molecule has 0 aromatic heterocycles. The predicted molar refractivity (Wildman–Crippen MR) is 73.1 cm³/mol. The molecule has 0 radical (unpaired) electrons. The molecular weight excluding hydrogens is 208 g/mol. The van der Waals surface area contributed by atoms with Crippen molar-refractivity contribution in [2.24, 2.45) is 0 Å². The summed E-state index contributed by atoms with van der Waals surface area (Å²) in [7, 11) is 2.23. The van der Waals surface area contributed by atoms with Crippen molar-refractivity contribution in [1.29, 1.82) is 0 Å². The number of nitrogens with zero attached hydrogens (tertiary/aromatic N) is 1. The first kappa shape index (κ1) is 12.6. The third-order valence-electron chi connectivity index (χ3n) is 3.74. The van der Waals surface area contributed by atoms with Gasteiger partial charge in [0.05, 0.1) is 0 Å². The van der Waals surface area contributed by atoms with E-state index < -0.39 is 0 Å². The fourth-order valence-electron chi connectivity index (χ4n) is 2.60. The quantitative estimate of drug-likeness (QED) is 0.862. The van der Waals surface area contributed by atoms with Crippen LogP contribution in [0.1, 0.15) is 37.8 Å². The molecule has 2 rings (SSSR count). The van der Waals surface area contributed by atoms with Gasteiger partial charge in [0.15, 0.2) is 0 Å². The van der Waals surface area contributed by atoms with E-state index in [2.05, 4.69) is 54.5 Å². The van der Waals surface area contributed by atoms with Crippen molar-refractivity contribution in [3.8, 4) is 0 Å². The van der Waals surface area contributed by atoms with E-state index in [-0.39, 0.29) is 0 Å². The molecule has 1 saturated heterocycles. The van der Waals surface area contributed by atoms with E-state index in [0.29, 0.717) is 12.1 Å². The van der Waals surface area contributed by atoms with Crippen molar-refractivity contribution in [3.05, 3.63) is 35.9 Å². The second-order valence-electron chi connectivity index (χ2n) is 5.23. The van der Waals surface area contributed by atoms with Gasteiger partial charge in [-0.15, -0.1) is 0 Å². The van der Waals surface area contributed by atoms with E-state index in [1.165, 1.54) is 37.9 Å². The van der Waals surface area contributed by atoms with Crippen molar-refractivity contribution < 1.29 is 0 Å². The van der Waals surface area contributed by atoms with E-state index >= 15 is 0 Å². The van der Waals surface area contributed by atoms with E-state index in [1.807, 2.05) is 0 Å². The monoisotopic (exact) mass is 232 g/mol. The molecule has 1 heterocycles. The summed E-state index contributed by atoms with van der Waals surface area (Å²) in [6.45, 7) is 4.74. The second-order valence-corrected chi connectivity index (χ2v) is 5.23. The van der Waals surface area contributed by atoms with Gasteiger partial charge in [-0.25, -0.2) is 0 Å². The molecule has 2 atom stereocenters. The highest BCUT2D eigenvalue weighted by Gasteiger charge is 2.16. The molecule has 0 spiro atoms. The minimum absolute atomic E-state index is 0.463. The van der Waals surface area contributed by atoms with Gasteiger partial charge < -0.3 is 10.2 Å². The highest BCUT2D eigenvalue weighted by Crippen LogP contribution is 2.16. The van der Waals surface area contributed by atoms with Crippen molar-refractivity contribution in [2.45, 2.75) is 38.3 Å². The van der Waals surface area contributed by atoms with Crippen LogP contribution in [-0.2, 0) is 0 Å². The lowest BCUT2D eigenvalue weighted by atomic mass is 10.0. The van der Waals surface area contributed by atoms with Crippen LogP contribution in [0.5, 0.6) is 0 Å². The maximum atomic E-state index is 3.77. The number of hydrogen-bond acceptors (Lipinski definition) is 2. The molecule has 0 bridgehead atoms. The first-order valence-electron chi connectivity index (χ1n) is 6.75. The summed E-state index contributed by atoms with van der Waals surface area (Å²) in [5.41, 5.74) is 1.39. The Morgan fingerprint density at radius 1 is 1.18 bits per heavy atom. The summed E-state index contributed by atoms with van der Waals surface area (Å²) in [5.74, 6) is 0. The zero-order valence-electron chi connectivity index (χ0n) is 11.0. The van der Waals surface area contributed by atoms with Crippen molar-refractivity contribution in [1.82, 2.24) is 10.2 Å². The number of hydrogen-bond donors (Lipinski definition) is 1. The minimum atomic E-state index is 0.463. The summed E-state index contributed by atoms with van der Waals surface area (Å²) in [5, 5.41) is 3.77. The van der Waals surface area contributed by atoms with Crippen molar-refractivity contribution in [2.75, 3.05) is 20.1 Å². The Morgan fingerprint density at radius 2 is 1.94 bits per heavy atom. The molecule has 2 nitrogen and oxygen atoms in total. The zero-order valence-corrected chi connectivity index (χ0v) is 11.0. The lowest BCUT2D eigenvalue weighted by molar-refractivity contribution is 0.340. The molecular formula is C15H24N2. The Labute approximate surface area is 105 Å². The molecule has 17 heavy (non-hydrogen) atoms. The number of rotatable bonds is 3. The average molecular weight is 232 g/mol. The Morgan fingerprint density at radius 3 is 2.71 bits per heavy atom. The smallest absolute Gasteiger partial charge is 0.0294 e. The van der Waals surface area contributed by atoms with Crippen LogP contribution in [-0.4, -0.2) is 31.1 Å². The molecule has 94 valence electrons. The fourth-order valence-corrected chi connectivity index (χ4v) is 2.60. The van der Waals surface area contributed by atoms with Crippen LogP contribution >= 0.6 is 0 Å². The van der Waals surface area contributed by atoms with Crippen molar-refractivity contribution in [3.63, 3.8) is 0 Å². The largest absolute Gasteiger partial charge is 0.307 e. The summed E-state index contributed by atoms with van der Waals surface area (Å²) in [4.78, 5) is 2.44. The zero-order chi connectivity index (χ0) is 12.1. The first-order chi connectivity index (χ1) is 8.25. The third kappa shape index (κ3) is 3.83. The summed E-state index contributed by atoms with van der Waals surface area (Å²) in [6.07, 6.45) is 3.89. The lowest BCUT2D eigenvalue weighted by Crippen LogP contribution is -2.32. The van der Waals surface area contributed by atoms with Crippen LogP contribution < -0.4 is 5.32 Å². The van der Waals surface area contributed by atoms with Crippen LogP contribution in [0.15, 0.2) is 30.3 Å². The SMILES string of the molecule is C[C@H](NC1CCCN(C)CC1)c1ccccc1. The number of likely N-dealkylation sites (tertiary alicyclic amines) is 1. The molecule has 2 heteroatoms. The Bertz CT molecular complexity index is 323. The Balaban J connectivity index is 1.88. The highest BCUT2D eigenvalue weighted by molar-refractivity contribution is 5.18. The fraction of sp³-hybridized carbons (Fsp3) is 0.600. The molecule has 1 N–H and O–H groups in total. The molecule has 0 aliphatic carbocycles. The van der Waals surface area contributed by atoms with Crippen molar-refractivity contribution >= 4 is 0 Å². The lowest BCUT2D eigenvalue weighted by Gasteiger charge is -2.22. The van der Waals surface area contributed by atoms with Crippen LogP contribution in [0.4, 0.5) is 0 Å². The maximum absolute atomic E-state index is 3.77. The Kier molecular flexibility index (Phi) is 4.57. The molecule has 1 aromatic carbocycles. The average Bonchev–Trinajstić information content (AvgIpc) is 2.56. The van der Waals surface area contributed by atoms with Gasteiger partial charge in [0.1, 0.15) is 0 Å². The molecule has 1 fully saturated rings. The predicted octanol–water partition coefficient (Wildman–Crippen LogP) is 2.82. The standard InChI is InChI=1S/C15H24N2/c1-13(14-7-4-3-5-8-14)16-15-9-6-11-17(2)12-10-15/h3-5,7-8,13,15-16H,6,9-12H2,1-2H3/t13-,15?/m0/s1. The molecule has 1 aromatic rings. The summed E-state index contributed by atoms with van der Waals surface area (Å²) >= 11 is 0. The van der Waals surface area contributed by atoms with Gasteiger partial charge in [-0.2, -0.15) is 0 Å². The molecule has 1 unspecified atom stereocenters. The maximum Gasteiger partial charge on any atom is 0.0294 e. The van der Waals surface area contributed by atoms with Gasteiger partial charge in [-0.05, 0) is 51.9 Å². The Hall–Kier alpha value is -0.860. The second kappa shape index (κ2) is 6.18. The number of benzene rings is 1. The highest BCUT2D eigenvalue weighted by atomic mass is 15.1. The van der Waals surface area contributed by atoms with E-state index in [4.69, 9.17) is 0 Å². The van der Waals surface area contributed by atoms with Gasteiger partial charge >= 0.3 is 0 Å². The normalized spacial score (nSPS) is 24.2. The topological polar surface area (TPSA) is 15.3 Å². The first-order valence-corrected chi connectivity index (χ1v) is 6.75. The van der Waals surface area contributed by atoms with Gasteiger partial charge in [0.2, 0.25) is 0 Å². The van der Waals surface area contributed by atoms with Crippen LogP contribution in [0.3, 0.4) is 0 Å². The van der Waals surface area contributed by atoms with Gasteiger partial charge in [0, 0.05) is 12.1 Å². The van der Waals surface area contributed by atoms with E-state index in [1.54, 1.807) is 0 Å². The van der Waals surface area contributed by atoms with E-state index in [9.17, 15) is 0 Å². The third-order valence-corrected chi connectivity index (χ3v) is 3.74. The van der Waals surface area contributed by atoms with Gasteiger partial charge in [-0.3, -0.25) is 0 Å². The summed E-state index contributed by atoms with van der Waals surface area (Å²) in [6, 6.07) is 11.9. The molecule has 1 aliphatic heterocycles.